The minimum Gasteiger partial charge on any atom is -0.298 e. The van der Waals surface area contributed by atoms with Gasteiger partial charge in [0.2, 0.25) is 0 Å². The topological polar surface area (TPSA) is 46.5 Å². The molecule has 108 valence electrons. The molecular formula is C15H15FN4S. The second-order valence-electron chi connectivity index (χ2n) is 5.26. The van der Waals surface area contributed by atoms with Gasteiger partial charge in [-0.15, -0.1) is 0 Å². The number of pyridine rings is 1. The first kappa shape index (κ1) is 13.9. The Morgan fingerprint density at radius 3 is 2.81 bits per heavy atom. The third-order valence-corrected chi connectivity index (χ3v) is 3.67. The predicted molar refractivity (Wildman–Crippen MR) is 83.2 cm³/mol. The molecule has 3 aromatic rings. The normalized spacial score (nSPS) is 11.5. The van der Waals surface area contributed by atoms with E-state index in [9.17, 15) is 4.39 Å². The summed E-state index contributed by atoms with van der Waals surface area (Å²) in [5, 5.41) is 7.87. The van der Waals surface area contributed by atoms with Gasteiger partial charge in [0.15, 0.2) is 10.6 Å². The second kappa shape index (κ2) is 5.04. The van der Waals surface area contributed by atoms with Gasteiger partial charge in [0.05, 0.1) is 0 Å². The quantitative estimate of drug-likeness (QED) is 0.722. The van der Waals surface area contributed by atoms with Gasteiger partial charge in [0.25, 0.3) is 0 Å². The number of aromatic nitrogens is 4. The van der Waals surface area contributed by atoms with Crippen LogP contribution in [0.25, 0.3) is 22.3 Å². The molecule has 0 fully saturated rings. The number of H-pyrrole nitrogens is 1. The zero-order valence-electron chi connectivity index (χ0n) is 12.0. The lowest BCUT2D eigenvalue weighted by molar-refractivity contribution is 0.597. The van der Waals surface area contributed by atoms with E-state index in [0.29, 0.717) is 16.1 Å². The number of benzene rings is 1. The van der Waals surface area contributed by atoms with Gasteiger partial charge in [0.1, 0.15) is 11.3 Å². The van der Waals surface area contributed by atoms with Crippen molar-refractivity contribution in [2.75, 3.05) is 0 Å². The van der Waals surface area contributed by atoms with E-state index >= 15 is 0 Å². The molecule has 0 saturated heterocycles. The fraction of sp³-hybridized carbons (Fsp3) is 0.267. The highest BCUT2D eigenvalue weighted by Crippen LogP contribution is 2.30. The third-order valence-electron chi connectivity index (χ3n) is 3.38. The van der Waals surface area contributed by atoms with E-state index < -0.39 is 0 Å². The molecule has 3 rings (SSSR count). The van der Waals surface area contributed by atoms with Gasteiger partial charge in [-0.1, -0.05) is 12.1 Å². The molecule has 0 aliphatic rings. The summed E-state index contributed by atoms with van der Waals surface area (Å²) in [5.41, 5.74) is 1.93. The van der Waals surface area contributed by atoms with Crippen LogP contribution < -0.4 is 0 Å². The average Bonchev–Trinajstić information content (AvgIpc) is 2.81. The van der Waals surface area contributed by atoms with Crippen LogP contribution in [0.15, 0.2) is 24.3 Å². The number of para-hydroxylation sites is 1. The Balaban J connectivity index is 2.41. The highest BCUT2D eigenvalue weighted by atomic mass is 32.1. The Labute approximate surface area is 126 Å². The fourth-order valence-corrected chi connectivity index (χ4v) is 2.84. The Bertz CT molecular complexity index is 879. The lowest BCUT2D eigenvalue weighted by Gasteiger charge is -2.12. The van der Waals surface area contributed by atoms with E-state index in [1.165, 1.54) is 6.07 Å². The smallest absolute Gasteiger partial charge is 0.195 e. The van der Waals surface area contributed by atoms with Crippen molar-refractivity contribution < 1.29 is 4.39 Å². The van der Waals surface area contributed by atoms with Crippen molar-refractivity contribution in [2.45, 2.75) is 26.8 Å². The fourth-order valence-electron chi connectivity index (χ4n) is 2.50. The van der Waals surface area contributed by atoms with E-state index in [0.717, 1.165) is 16.6 Å². The number of rotatable bonds is 2. The summed E-state index contributed by atoms with van der Waals surface area (Å²) >= 11 is 5.29. The van der Waals surface area contributed by atoms with Gasteiger partial charge in [-0.25, -0.2) is 9.37 Å². The number of aromatic amines is 1. The van der Waals surface area contributed by atoms with Crippen LogP contribution in [-0.4, -0.2) is 19.7 Å². The SMILES string of the molecule is Cc1cc(-c2n[nH]c(=S)n2C(C)C)c2cccc(F)c2n1. The maximum absolute atomic E-state index is 14.0. The van der Waals surface area contributed by atoms with Crippen LogP contribution in [0.3, 0.4) is 0 Å². The second-order valence-corrected chi connectivity index (χ2v) is 5.65. The van der Waals surface area contributed by atoms with Gasteiger partial charge in [-0.2, -0.15) is 5.10 Å². The maximum atomic E-state index is 14.0. The van der Waals surface area contributed by atoms with Crippen LogP contribution in [0.1, 0.15) is 25.6 Å². The predicted octanol–water partition coefficient (Wildman–Crippen LogP) is 4.18. The zero-order valence-corrected chi connectivity index (χ0v) is 12.8. The number of hydrogen-bond acceptors (Lipinski definition) is 3. The number of fused-ring (bicyclic) bond motifs is 1. The minimum absolute atomic E-state index is 0.156. The van der Waals surface area contributed by atoms with Crippen molar-refractivity contribution in [3.05, 3.63) is 40.5 Å². The van der Waals surface area contributed by atoms with E-state index in [4.69, 9.17) is 12.2 Å². The van der Waals surface area contributed by atoms with Crippen LogP contribution in [0.4, 0.5) is 4.39 Å². The molecule has 0 atom stereocenters. The lowest BCUT2D eigenvalue weighted by Crippen LogP contribution is -2.04. The molecule has 0 amide bonds. The molecule has 0 spiro atoms. The number of halogens is 1. The molecule has 0 radical (unpaired) electrons. The Kier molecular flexibility index (Phi) is 3.33. The molecule has 0 aliphatic heterocycles. The van der Waals surface area contributed by atoms with Crippen LogP contribution >= 0.6 is 12.2 Å². The summed E-state index contributed by atoms with van der Waals surface area (Å²) in [4.78, 5) is 4.29. The highest BCUT2D eigenvalue weighted by molar-refractivity contribution is 7.71. The molecule has 2 aromatic heterocycles. The molecule has 6 heteroatoms. The van der Waals surface area contributed by atoms with Crippen molar-refractivity contribution in [3.63, 3.8) is 0 Å². The number of hydrogen-bond donors (Lipinski definition) is 1. The molecule has 1 N–H and O–H groups in total. The van der Waals surface area contributed by atoms with Gasteiger partial charge in [-0.05, 0) is 45.1 Å². The summed E-state index contributed by atoms with van der Waals surface area (Å²) in [6, 6.07) is 7.01. The first-order valence-electron chi connectivity index (χ1n) is 6.72. The summed E-state index contributed by atoms with van der Waals surface area (Å²) in [6.07, 6.45) is 0. The Morgan fingerprint density at radius 2 is 2.10 bits per heavy atom. The van der Waals surface area contributed by atoms with Crippen molar-refractivity contribution >= 4 is 23.1 Å². The summed E-state index contributed by atoms with van der Waals surface area (Å²) in [6.45, 7) is 5.91. The van der Waals surface area contributed by atoms with Gasteiger partial charge >= 0.3 is 0 Å². The van der Waals surface area contributed by atoms with Crippen molar-refractivity contribution in [3.8, 4) is 11.4 Å². The standard InChI is InChI=1S/C15H15FN4S/c1-8(2)20-14(18-19-15(20)21)11-7-9(3)17-13-10(11)5-4-6-12(13)16/h4-8H,1-3H3,(H,19,21). The number of nitrogens with one attached hydrogen (secondary N) is 1. The average molecular weight is 302 g/mol. The van der Waals surface area contributed by atoms with Gasteiger partial charge in [-0.3, -0.25) is 9.67 Å². The molecular weight excluding hydrogens is 287 g/mol. The first-order chi connectivity index (χ1) is 9.99. The third kappa shape index (κ3) is 2.25. The molecule has 0 saturated carbocycles. The molecule has 0 aliphatic carbocycles. The van der Waals surface area contributed by atoms with Crippen molar-refractivity contribution in [1.29, 1.82) is 0 Å². The number of aryl methyl sites for hydroxylation is 1. The molecule has 0 unspecified atom stereocenters. The number of nitrogens with zero attached hydrogens (tertiary/aromatic N) is 3. The molecule has 4 nitrogen and oxygen atoms in total. The monoisotopic (exact) mass is 302 g/mol. The van der Waals surface area contributed by atoms with Gasteiger partial charge in [0, 0.05) is 22.7 Å². The summed E-state index contributed by atoms with van der Waals surface area (Å²) in [5.74, 6) is 0.374. The zero-order chi connectivity index (χ0) is 15.1. The lowest BCUT2D eigenvalue weighted by atomic mass is 10.1. The van der Waals surface area contributed by atoms with E-state index in [2.05, 4.69) is 15.2 Å². The van der Waals surface area contributed by atoms with Crippen LogP contribution in [0.5, 0.6) is 0 Å². The molecule has 1 aromatic carbocycles. The van der Waals surface area contributed by atoms with Crippen LogP contribution in [0, 0.1) is 17.5 Å². The highest BCUT2D eigenvalue weighted by Gasteiger charge is 2.16. The minimum atomic E-state index is -0.331. The Hall–Kier alpha value is -2.08. The van der Waals surface area contributed by atoms with E-state index in [1.807, 2.05) is 37.5 Å². The molecule has 21 heavy (non-hydrogen) atoms. The van der Waals surface area contributed by atoms with Crippen molar-refractivity contribution in [2.24, 2.45) is 0 Å². The Morgan fingerprint density at radius 1 is 1.33 bits per heavy atom. The maximum Gasteiger partial charge on any atom is 0.195 e. The van der Waals surface area contributed by atoms with Crippen LogP contribution in [0.2, 0.25) is 0 Å². The summed E-state index contributed by atoms with van der Waals surface area (Å²) < 4.78 is 16.5. The van der Waals surface area contributed by atoms with Crippen LogP contribution in [-0.2, 0) is 0 Å². The first-order valence-corrected chi connectivity index (χ1v) is 7.13. The van der Waals surface area contributed by atoms with Crippen molar-refractivity contribution in [1.82, 2.24) is 19.7 Å². The van der Waals surface area contributed by atoms with E-state index in [-0.39, 0.29) is 11.9 Å². The molecule has 0 bridgehead atoms. The largest absolute Gasteiger partial charge is 0.298 e. The summed E-state index contributed by atoms with van der Waals surface area (Å²) in [7, 11) is 0. The van der Waals surface area contributed by atoms with Gasteiger partial charge < -0.3 is 0 Å². The van der Waals surface area contributed by atoms with E-state index in [1.54, 1.807) is 6.07 Å². The molecule has 2 heterocycles.